The molecular weight excluding hydrogens is 298 g/mol. The third-order valence-corrected chi connectivity index (χ3v) is 4.39. The summed E-state index contributed by atoms with van der Waals surface area (Å²) < 4.78 is 5.54. The fraction of sp³-hybridized carbons (Fsp3) is 0.278. The van der Waals surface area contributed by atoms with E-state index in [1.165, 1.54) is 11.1 Å². The summed E-state index contributed by atoms with van der Waals surface area (Å²) in [6.07, 6.45) is 2.00. The van der Waals surface area contributed by atoms with E-state index in [9.17, 15) is 4.79 Å². The number of carbonyl (C=O) groups is 1. The number of hydrogen-bond acceptors (Lipinski definition) is 2. The maximum absolute atomic E-state index is 12.4. The van der Waals surface area contributed by atoms with E-state index >= 15 is 0 Å². The van der Waals surface area contributed by atoms with Crippen molar-refractivity contribution in [2.75, 3.05) is 13.7 Å². The number of halogens is 1. The minimum absolute atomic E-state index is 0.0170. The topological polar surface area (TPSA) is 29.5 Å². The Balaban J connectivity index is 1.62. The maximum atomic E-state index is 12.4. The highest BCUT2D eigenvalue weighted by molar-refractivity contribution is 6.30. The van der Waals surface area contributed by atoms with Gasteiger partial charge in [0.2, 0.25) is 0 Å². The van der Waals surface area contributed by atoms with Gasteiger partial charge >= 0.3 is 0 Å². The Labute approximate surface area is 135 Å². The monoisotopic (exact) mass is 315 g/mol. The molecule has 1 aliphatic rings. The molecule has 22 heavy (non-hydrogen) atoms. The molecule has 2 aromatic carbocycles. The molecule has 1 atom stereocenters. The maximum Gasteiger partial charge on any atom is 0.260 e. The second kappa shape index (κ2) is 6.41. The minimum atomic E-state index is -0.0170. The van der Waals surface area contributed by atoms with Crippen LogP contribution in [0.3, 0.4) is 0 Å². The number of amides is 1. The molecule has 0 heterocycles. The lowest BCUT2D eigenvalue weighted by Crippen LogP contribution is -2.34. The van der Waals surface area contributed by atoms with Crippen molar-refractivity contribution in [3.05, 3.63) is 64.7 Å². The van der Waals surface area contributed by atoms with Crippen LogP contribution in [0.5, 0.6) is 5.75 Å². The van der Waals surface area contributed by atoms with E-state index in [1.807, 2.05) is 19.2 Å². The van der Waals surface area contributed by atoms with Crippen LogP contribution in [0, 0.1) is 0 Å². The second-order valence-electron chi connectivity index (χ2n) is 5.50. The zero-order valence-corrected chi connectivity index (χ0v) is 13.2. The van der Waals surface area contributed by atoms with Crippen LogP contribution in [0.4, 0.5) is 0 Å². The molecule has 1 amide bonds. The molecule has 0 fully saturated rings. The van der Waals surface area contributed by atoms with Gasteiger partial charge < -0.3 is 9.64 Å². The number of rotatable bonds is 4. The van der Waals surface area contributed by atoms with Crippen LogP contribution in [0.1, 0.15) is 23.6 Å². The number of carbonyl (C=O) groups excluding carboxylic acids is 1. The second-order valence-corrected chi connectivity index (χ2v) is 5.94. The van der Waals surface area contributed by atoms with Gasteiger partial charge in [0.1, 0.15) is 5.75 Å². The Hall–Kier alpha value is -2.00. The molecular formula is C18H18ClNO2. The van der Waals surface area contributed by atoms with E-state index in [4.69, 9.17) is 16.3 Å². The highest BCUT2D eigenvalue weighted by Crippen LogP contribution is 2.34. The lowest BCUT2D eigenvalue weighted by Gasteiger charge is -2.25. The van der Waals surface area contributed by atoms with Crippen LogP contribution in [0.25, 0.3) is 0 Å². The predicted molar refractivity (Wildman–Crippen MR) is 87.2 cm³/mol. The van der Waals surface area contributed by atoms with Crippen molar-refractivity contribution in [1.29, 1.82) is 0 Å². The number of ether oxygens (including phenoxy) is 1. The molecule has 3 rings (SSSR count). The zero-order chi connectivity index (χ0) is 15.5. The van der Waals surface area contributed by atoms with Gasteiger partial charge in [-0.3, -0.25) is 4.79 Å². The summed E-state index contributed by atoms with van der Waals surface area (Å²) in [5.74, 6) is 0.634. The fourth-order valence-corrected chi connectivity index (χ4v) is 3.01. The molecule has 114 valence electrons. The van der Waals surface area contributed by atoms with Gasteiger partial charge in [-0.1, -0.05) is 35.9 Å². The van der Waals surface area contributed by atoms with Gasteiger partial charge in [0, 0.05) is 12.1 Å². The van der Waals surface area contributed by atoms with Gasteiger partial charge in [-0.25, -0.2) is 0 Å². The first-order valence-electron chi connectivity index (χ1n) is 7.37. The molecule has 4 heteroatoms. The number of nitrogens with zero attached hydrogens (tertiary/aromatic N) is 1. The van der Waals surface area contributed by atoms with E-state index in [1.54, 1.807) is 29.2 Å². The van der Waals surface area contributed by atoms with Crippen molar-refractivity contribution in [3.8, 4) is 5.75 Å². The standard InChI is InChI=1S/C18H18ClNO2/c1-20(17-11-6-13-4-2-3-5-16(13)17)18(21)12-22-15-9-7-14(19)8-10-15/h2-5,7-10,17H,6,11-12H2,1H3. The van der Waals surface area contributed by atoms with Gasteiger partial charge in [0.25, 0.3) is 5.91 Å². The van der Waals surface area contributed by atoms with Gasteiger partial charge in [0.05, 0.1) is 6.04 Å². The van der Waals surface area contributed by atoms with Gasteiger partial charge in [-0.05, 0) is 48.2 Å². The number of hydrogen-bond donors (Lipinski definition) is 0. The lowest BCUT2D eigenvalue weighted by atomic mass is 10.1. The van der Waals surface area contributed by atoms with E-state index in [-0.39, 0.29) is 18.6 Å². The molecule has 0 aliphatic heterocycles. The first-order valence-corrected chi connectivity index (χ1v) is 7.75. The van der Waals surface area contributed by atoms with E-state index in [2.05, 4.69) is 12.1 Å². The Morgan fingerprint density at radius 1 is 1.23 bits per heavy atom. The minimum Gasteiger partial charge on any atom is -0.484 e. The van der Waals surface area contributed by atoms with Crippen molar-refractivity contribution in [2.45, 2.75) is 18.9 Å². The summed E-state index contributed by atoms with van der Waals surface area (Å²) in [5, 5.41) is 0.651. The quantitative estimate of drug-likeness (QED) is 0.857. The van der Waals surface area contributed by atoms with Crippen molar-refractivity contribution < 1.29 is 9.53 Å². The zero-order valence-electron chi connectivity index (χ0n) is 12.5. The van der Waals surface area contributed by atoms with Crippen LogP contribution in [0.2, 0.25) is 5.02 Å². The Bertz CT molecular complexity index is 669. The van der Waals surface area contributed by atoms with Crippen molar-refractivity contribution >= 4 is 17.5 Å². The average Bonchev–Trinajstić information content (AvgIpc) is 2.97. The van der Waals surface area contributed by atoms with Gasteiger partial charge in [-0.2, -0.15) is 0 Å². The van der Waals surface area contributed by atoms with Crippen LogP contribution in [0.15, 0.2) is 48.5 Å². The van der Waals surface area contributed by atoms with E-state index in [0.29, 0.717) is 10.8 Å². The van der Waals surface area contributed by atoms with Crippen molar-refractivity contribution in [1.82, 2.24) is 4.90 Å². The number of aryl methyl sites for hydroxylation is 1. The number of fused-ring (bicyclic) bond motifs is 1. The number of likely N-dealkylation sites (N-methyl/N-ethyl adjacent to an activating group) is 1. The van der Waals surface area contributed by atoms with Crippen LogP contribution >= 0.6 is 11.6 Å². The smallest absolute Gasteiger partial charge is 0.260 e. The molecule has 0 saturated heterocycles. The number of benzene rings is 2. The molecule has 2 aromatic rings. The van der Waals surface area contributed by atoms with Crippen molar-refractivity contribution in [3.63, 3.8) is 0 Å². The molecule has 0 radical (unpaired) electrons. The third kappa shape index (κ3) is 3.09. The Morgan fingerprint density at radius 3 is 2.73 bits per heavy atom. The average molecular weight is 316 g/mol. The highest BCUT2D eigenvalue weighted by atomic mass is 35.5. The van der Waals surface area contributed by atoms with Crippen molar-refractivity contribution in [2.24, 2.45) is 0 Å². The molecule has 0 bridgehead atoms. The molecule has 0 saturated carbocycles. The molecule has 1 unspecified atom stereocenters. The third-order valence-electron chi connectivity index (χ3n) is 4.14. The Morgan fingerprint density at radius 2 is 1.95 bits per heavy atom. The first kappa shape index (κ1) is 14.9. The summed E-state index contributed by atoms with van der Waals surface area (Å²) in [7, 11) is 1.85. The largest absolute Gasteiger partial charge is 0.484 e. The summed E-state index contributed by atoms with van der Waals surface area (Å²) in [5.41, 5.74) is 2.59. The SMILES string of the molecule is CN(C(=O)COc1ccc(Cl)cc1)C1CCc2ccccc21. The molecule has 0 spiro atoms. The van der Waals surface area contributed by atoms with Crippen LogP contribution in [-0.2, 0) is 11.2 Å². The normalized spacial score (nSPS) is 16.2. The van der Waals surface area contributed by atoms with Gasteiger partial charge in [-0.15, -0.1) is 0 Å². The summed E-state index contributed by atoms with van der Waals surface area (Å²) in [4.78, 5) is 14.1. The van der Waals surface area contributed by atoms with E-state index in [0.717, 1.165) is 12.8 Å². The summed E-state index contributed by atoms with van der Waals surface area (Å²) in [6.45, 7) is 0.0385. The van der Waals surface area contributed by atoms with E-state index < -0.39 is 0 Å². The molecule has 1 aliphatic carbocycles. The summed E-state index contributed by atoms with van der Waals surface area (Å²) >= 11 is 5.83. The van der Waals surface area contributed by atoms with Crippen LogP contribution in [-0.4, -0.2) is 24.5 Å². The molecule has 0 aromatic heterocycles. The first-order chi connectivity index (χ1) is 10.6. The summed E-state index contributed by atoms with van der Waals surface area (Å²) in [6, 6.07) is 15.5. The van der Waals surface area contributed by atoms with Crippen LogP contribution < -0.4 is 4.74 Å². The fourth-order valence-electron chi connectivity index (χ4n) is 2.89. The predicted octanol–water partition coefficient (Wildman–Crippen LogP) is 3.86. The molecule has 3 nitrogen and oxygen atoms in total. The lowest BCUT2D eigenvalue weighted by molar-refractivity contribution is -0.134. The molecule has 0 N–H and O–H groups in total. The highest BCUT2D eigenvalue weighted by Gasteiger charge is 2.28. The Kier molecular flexibility index (Phi) is 4.34. The van der Waals surface area contributed by atoms with Gasteiger partial charge in [0.15, 0.2) is 6.61 Å².